The molecule has 0 aliphatic carbocycles. The van der Waals surface area contributed by atoms with Crippen LogP contribution in [0.15, 0.2) is 47.1 Å². The van der Waals surface area contributed by atoms with Crippen LogP contribution in [0.3, 0.4) is 0 Å². The lowest BCUT2D eigenvalue weighted by molar-refractivity contribution is -0.385. The first-order valence-electron chi connectivity index (χ1n) is 6.95. The molecule has 2 heterocycles. The minimum Gasteiger partial charge on any atom is -0.454 e. The Labute approximate surface area is 151 Å². The number of anilines is 1. The van der Waals surface area contributed by atoms with Crippen molar-refractivity contribution in [2.24, 2.45) is 0 Å². The summed E-state index contributed by atoms with van der Waals surface area (Å²) in [5, 5.41) is 17.7. The van der Waals surface area contributed by atoms with Crippen LogP contribution in [-0.4, -0.2) is 20.6 Å². The van der Waals surface area contributed by atoms with Gasteiger partial charge in [-0.3, -0.25) is 19.6 Å². The van der Waals surface area contributed by atoms with E-state index in [0.717, 1.165) is 6.20 Å². The summed E-state index contributed by atoms with van der Waals surface area (Å²) in [6.07, 6.45) is 2.40. The summed E-state index contributed by atoms with van der Waals surface area (Å²) in [7, 11) is 0. The van der Waals surface area contributed by atoms with Gasteiger partial charge in [-0.25, -0.2) is 0 Å². The highest BCUT2D eigenvalue weighted by Gasteiger charge is 2.16. The van der Waals surface area contributed by atoms with Crippen LogP contribution in [0.1, 0.15) is 16.3 Å². The maximum Gasteiger partial charge on any atom is 0.307 e. The molecule has 8 nitrogen and oxygen atoms in total. The van der Waals surface area contributed by atoms with E-state index in [-0.39, 0.29) is 23.7 Å². The van der Waals surface area contributed by atoms with Crippen molar-refractivity contribution in [3.63, 3.8) is 0 Å². The summed E-state index contributed by atoms with van der Waals surface area (Å²) >= 11 is 12.0. The smallest absolute Gasteiger partial charge is 0.307 e. The summed E-state index contributed by atoms with van der Waals surface area (Å²) in [6.45, 7) is 0.147. The summed E-state index contributed by atoms with van der Waals surface area (Å²) in [5.74, 6) is -0.0614. The number of amides is 1. The maximum absolute atomic E-state index is 12.2. The van der Waals surface area contributed by atoms with E-state index in [1.807, 2.05) is 0 Å². The normalized spacial score (nSPS) is 10.6. The predicted octanol–water partition coefficient (Wildman–Crippen LogP) is 3.99. The van der Waals surface area contributed by atoms with Crippen molar-refractivity contribution in [1.29, 1.82) is 0 Å². The van der Waals surface area contributed by atoms with Gasteiger partial charge in [0.05, 0.1) is 27.2 Å². The first kappa shape index (κ1) is 17.0. The Bertz CT molecular complexity index is 930. The first-order valence-corrected chi connectivity index (χ1v) is 7.70. The molecule has 0 saturated carbocycles. The third kappa shape index (κ3) is 3.81. The van der Waals surface area contributed by atoms with Gasteiger partial charge in [0.15, 0.2) is 5.76 Å². The van der Waals surface area contributed by atoms with Crippen molar-refractivity contribution in [1.82, 2.24) is 9.78 Å². The van der Waals surface area contributed by atoms with E-state index < -0.39 is 10.8 Å². The molecule has 0 aliphatic heterocycles. The second kappa shape index (κ2) is 6.96. The average molecular weight is 381 g/mol. The highest BCUT2D eigenvalue weighted by molar-refractivity contribution is 6.39. The molecule has 0 radical (unpaired) electrons. The van der Waals surface area contributed by atoms with Crippen molar-refractivity contribution >= 4 is 40.5 Å². The molecule has 2 aromatic heterocycles. The molecule has 10 heteroatoms. The lowest BCUT2D eigenvalue weighted by Crippen LogP contribution is -2.11. The molecule has 25 heavy (non-hydrogen) atoms. The molecule has 0 bridgehead atoms. The number of nitro groups is 1. The van der Waals surface area contributed by atoms with Gasteiger partial charge in [0.1, 0.15) is 18.2 Å². The van der Waals surface area contributed by atoms with Crippen molar-refractivity contribution in [2.45, 2.75) is 6.54 Å². The van der Waals surface area contributed by atoms with E-state index in [2.05, 4.69) is 10.4 Å². The molecular weight excluding hydrogens is 371 g/mol. The van der Waals surface area contributed by atoms with Gasteiger partial charge in [0.2, 0.25) is 0 Å². The number of halogens is 2. The van der Waals surface area contributed by atoms with E-state index in [4.69, 9.17) is 27.6 Å². The fraction of sp³-hybridized carbons (Fsp3) is 0.0667. The molecule has 3 rings (SSSR count). The number of nitrogens with one attached hydrogen (secondary N) is 1. The van der Waals surface area contributed by atoms with E-state index >= 15 is 0 Å². The number of aromatic nitrogens is 2. The minimum atomic E-state index is -0.544. The quantitative estimate of drug-likeness (QED) is 0.532. The van der Waals surface area contributed by atoms with Crippen molar-refractivity contribution in [2.75, 3.05) is 5.32 Å². The zero-order chi connectivity index (χ0) is 18.0. The molecule has 0 aliphatic rings. The Morgan fingerprint density at radius 1 is 1.28 bits per heavy atom. The summed E-state index contributed by atoms with van der Waals surface area (Å²) in [5.41, 5.74) is 0.161. The van der Waals surface area contributed by atoms with Crippen LogP contribution in [0.4, 0.5) is 11.4 Å². The third-order valence-electron chi connectivity index (χ3n) is 3.24. The van der Waals surface area contributed by atoms with Gasteiger partial charge >= 0.3 is 5.69 Å². The number of carbonyl (C=O) groups excluding carboxylic acids is 1. The fourth-order valence-electron chi connectivity index (χ4n) is 2.07. The number of rotatable bonds is 5. The summed E-state index contributed by atoms with van der Waals surface area (Å²) in [4.78, 5) is 22.3. The van der Waals surface area contributed by atoms with E-state index in [9.17, 15) is 14.9 Å². The van der Waals surface area contributed by atoms with Crippen LogP contribution >= 0.6 is 23.2 Å². The highest BCUT2D eigenvalue weighted by atomic mass is 35.5. The topological polar surface area (TPSA) is 103 Å². The molecule has 0 spiro atoms. The summed E-state index contributed by atoms with van der Waals surface area (Å²) in [6, 6.07) is 7.92. The van der Waals surface area contributed by atoms with Gasteiger partial charge < -0.3 is 9.73 Å². The lowest BCUT2D eigenvalue weighted by atomic mass is 10.3. The largest absolute Gasteiger partial charge is 0.454 e. The van der Waals surface area contributed by atoms with Crippen molar-refractivity contribution < 1.29 is 14.1 Å². The van der Waals surface area contributed by atoms with Crippen molar-refractivity contribution in [3.05, 3.63) is 74.4 Å². The summed E-state index contributed by atoms with van der Waals surface area (Å²) < 4.78 is 6.78. The number of benzene rings is 1. The van der Waals surface area contributed by atoms with Gasteiger partial charge in [-0.15, -0.1) is 0 Å². The molecule has 0 atom stereocenters. The number of para-hydroxylation sites is 1. The van der Waals surface area contributed by atoms with Crippen LogP contribution in [-0.2, 0) is 6.54 Å². The molecule has 3 aromatic rings. The number of hydrogen-bond donors (Lipinski definition) is 1. The fourth-order valence-corrected chi connectivity index (χ4v) is 2.56. The molecule has 0 saturated heterocycles. The van der Waals surface area contributed by atoms with Gasteiger partial charge in [-0.1, -0.05) is 29.3 Å². The molecule has 1 aromatic carbocycles. The standard InChI is InChI=1S/C15H10Cl2N4O4/c16-11-2-1-3-12(17)14(11)19-15(22)13-5-4-10(25-13)8-20-7-9(6-18-20)21(23)24/h1-7H,8H2,(H,19,22). The number of carbonyl (C=O) groups is 1. The van der Waals surface area contributed by atoms with Crippen LogP contribution in [0.5, 0.6) is 0 Å². The molecular formula is C15H10Cl2N4O4. The Hall–Kier alpha value is -2.84. The Morgan fingerprint density at radius 2 is 2.00 bits per heavy atom. The molecule has 0 fully saturated rings. The Kier molecular flexibility index (Phi) is 4.73. The van der Waals surface area contributed by atoms with Crippen LogP contribution in [0.25, 0.3) is 0 Å². The van der Waals surface area contributed by atoms with Gasteiger partial charge in [0.25, 0.3) is 5.91 Å². The number of hydrogen-bond acceptors (Lipinski definition) is 5. The van der Waals surface area contributed by atoms with Crippen LogP contribution < -0.4 is 5.32 Å². The Morgan fingerprint density at radius 3 is 2.64 bits per heavy atom. The molecule has 0 unspecified atom stereocenters. The zero-order valence-electron chi connectivity index (χ0n) is 12.5. The minimum absolute atomic E-state index is 0.0487. The third-order valence-corrected chi connectivity index (χ3v) is 3.86. The number of nitrogens with zero attached hydrogens (tertiary/aromatic N) is 3. The number of furan rings is 1. The van der Waals surface area contributed by atoms with E-state index in [0.29, 0.717) is 15.8 Å². The van der Waals surface area contributed by atoms with Gasteiger partial charge in [-0.2, -0.15) is 5.10 Å². The Balaban J connectivity index is 1.72. The predicted molar refractivity (Wildman–Crippen MR) is 91.1 cm³/mol. The van der Waals surface area contributed by atoms with Gasteiger partial charge in [-0.05, 0) is 24.3 Å². The van der Waals surface area contributed by atoms with Crippen LogP contribution in [0.2, 0.25) is 10.0 Å². The van der Waals surface area contributed by atoms with Crippen LogP contribution in [0, 0.1) is 10.1 Å². The lowest BCUT2D eigenvalue weighted by Gasteiger charge is -2.07. The second-order valence-electron chi connectivity index (χ2n) is 4.97. The maximum atomic E-state index is 12.2. The SMILES string of the molecule is O=C(Nc1c(Cl)cccc1Cl)c1ccc(Cn2cc([N+](=O)[O-])cn2)o1. The second-order valence-corrected chi connectivity index (χ2v) is 5.78. The molecule has 1 amide bonds. The molecule has 1 N–H and O–H groups in total. The highest BCUT2D eigenvalue weighted by Crippen LogP contribution is 2.30. The molecule has 128 valence electrons. The van der Waals surface area contributed by atoms with Crippen molar-refractivity contribution in [3.8, 4) is 0 Å². The zero-order valence-corrected chi connectivity index (χ0v) is 14.0. The monoisotopic (exact) mass is 380 g/mol. The van der Waals surface area contributed by atoms with E-state index in [1.54, 1.807) is 24.3 Å². The van der Waals surface area contributed by atoms with Gasteiger partial charge in [0, 0.05) is 0 Å². The van der Waals surface area contributed by atoms with E-state index in [1.165, 1.54) is 16.9 Å². The average Bonchev–Trinajstić information content (AvgIpc) is 3.21. The first-order chi connectivity index (χ1) is 11.9.